The zero-order valence-corrected chi connectivity index (χ0v) is 13.7. The maximum Gasteiger partial charge on any atom is 0.357 e. The summed E-state index contributed by atoms with van der Waals surface area (Å²) in [6.45, 7) is 3.19. The van der Waals surface area contributed by atoms with Crippen LogP contribution in [0, 0.1) is 6.92 Å². The third kappa shape index (κ3) is 2.36. The fourth-order valence-electron chi connectivity index (χ4n) is 2.78. The van der Waals surface area contributed by atoms with Crippen molar-refractivity contribution in [3.63, 3.8) is 0 Å². The van der Waals surface area contributed by atoms with Crippen LogP contribution in [0.15, 0.2) is 18.2 Å². The summed E-state index contributed by atoms with van der Waals surface area (Å²) in [5, 5.41) is 10.1. The molecule has 7 heteroatoms. The van der Waals surface area contributed by atoms with Gasteiger partial charge in [-0.2, -0.15) is 0 Å². The van der Waals surface area contributed by atoms with E-state index in [4.69, 9.17) is 27.9 Å². The van der Waals surface area contributed by atoms with Crippen molar-refractivity contribution in [1.82, 2.24) is 4.98 Å². The second kappa shape index (κ2) is 5.51. The summed E-state index contributed by atoms with van der Waals surface area (Å²) in [5.41, 5.74) is 1.49. The molecule has 1 atom stereocenters. The maximum atomic E-state index is 12.0. The molecule has 1 aliphatic heterocycles. The van der Waals surface area contributed by atoms with Gasteiger partial charge in [0.05, 0.1) is 21.3 Å². The molecule has 0 radical (unpaired) electrons. The van der Waals surface area contributed by atoms with Crippen LogP contribution in [-0.2, 0) is 4.74 Å². The van der Waals surface area contributed by atoms with Crippen molar-refractivity contribution in [2.45, 2.75) is 20.0 Å². The summed E-state index contributed by atoms with van der Waals surface area (Å²) in [6.07, 6.45) is -0.617. The summed E-state index contributed by atoms with van der Waals surface area (Å²) in [7, 11) is 0. The van der Waals surface area contributed by atoms with Gasteiger partial charge >= 0.3 is 11.9 Å². The molecule has 1 aromatic carbocycles. The Bertz CT molecular complexity index is 864. The van der Waals surface area contributed by atoms with Crippen LogP contribution >= 0.6 is 23.2 Å². The SMILES string of the molecule is Cc1nc2c(c(-c3cccc(Cl)c3Cl)c1C(=O)O)C(C)OC2=O. The number of carboxylic acid groups (broad SMARTS) is 1. The van der Waals surface area contributed by atoms with Crippen LogP contribution in [0.1, 0.15) is 45.1 Å². The summed E-state index contributed by atoms with van der Waals surface area (Å²) in [4.78, 5) is 27.8. The van der Waals surface area contributed by atoms with Crippen LogP contribution in [0.5, 0.6) is 0 Å². The molecule has 118 valence electrons. The Morgan fingerprint density at radius 3 is 2.70 bits per heavy atom. The van der Waals surface area contributed by atoms with Gasteiger partial charge in [-0.3, -0.25) is 0 Å². The third-order valence-electron chi connectivity index (χ3n) is 3.73. The molecule has 1 aliphatic rings. The lowest BCUT2D eigenvalue weighted by Crippen LogP contribution is -2.11. The number of halogens is 2. The van der Waals surface area contributed by atoms with Crippen molar-refractivity contribution in [3.8, 4) is 11.1 Å². The van der Waals surface area contributed by atoms with Crippen LogP contribution in [0.3, 0.4) is 0 Å². The Kier molecular flexibility index (Phi) is 3.78. The average molecular weight is 352 g/mol. The van der Waals surface area contributed by atoms with Gasteiger partial charge in [-0.05, 0) is 19.9 Å². The van der Waals surface area contributed by atoms with Crippen LogP contribution in [0.4, 0.5) is 0 Å². The number of aromatic carboxylic acids is 1. The molecule has 2 heterocycles. The largest absolute Gasteiger partial charge is 0.478 e. The zero-order valence-electron chi connectivity index (χ0n) is 12.2. The molecule has 1 N–H and O–H groups in total. The first-order valence-corrected chi connectivity index (χ1v) is 7.51. The van der Waals surface area contributed by atoms with Gasteiger partial charge in [0, 0.05) is 16.7 Å². The van der Waals surface area contributed by atoms with E-state index in [1.54, 1.807) is 25.1 Å². The molecule has 0 amide bonds. The fourth-order valence-corrected chi connectivity index (χ4v) is 3.18. The number of fused-ring (bicyclic) bond motifs is 1. The average Bonchev–Trinajstić information content (AvgIpc) is 2.75. The molecule has 0 fully saturated rings. The van der Waals surface area contributed by atoms with E-state index in [0.29, 0.717) is 21.7 Å². The zero-order chi connectivity index (χ0) is 16.9. The number of nitrogens with zero attached hydrogens (tertiary/aromatic N) is 1. The lowest BCUT2D eigenvalue weighted by Gasteiger charge is -2.16. The number of pyridine rings is 1. The predicted molar refractivity (Wildman–Crippen MR) is 85.2 cm³/mol. The second-order valence-electron chi connectivity index (χ2n) is 5.16. The topological polar surface area (TPSA) is 76.5 Å². The first-order chi connectivity index (χ1) is 10.8. The molecule has 0 bridgehead atoms. The molecule has 5 nitrogen and oxygen atoms in total. The molecule has 0 aliphatic carbocycles. The van der Waals surface area contributed by atoms with E-state index in [1.807, 2.05) is 0 Å². The monoisotopic (exact) mass is 351 g/mol. The van der Waals surface area contributed by atoms with Crippen LogP contribution < -0.4 is 0 Å². The number of rotatable bonds is 2. The summed E-state index contributed by atoms with van der Waals surface area (Å²) in [6, 6.07) is 4.93. The lowest BCUT2D eigenvalue weighted by molar-refractivity contribution is 0.0418. The highest BCUT2D eigenvalue weighted by atomic mass is 35.5. The first-order valence-electron chi connectivity index (χ1n) is 6.76. The number of benzene rings is 1. The number of aryl methyl sites for hydroxylation is 1. The van der Waals surface area contributed by atoms with Gasteiger partial charge in [-0.25, -0.2) is 14.6 Å². The molecule has 1 aromatic heterocycles. The molecular weight excluding hydrogens is 341 g/mol. The van der Waals surface area contributed by atoms with E-state index in [0.717, 1.165) is 0 Å². The number of ether oxygens (including phenoxy) is 1. The van der Waals surface area contributed by atoms with Crippen LogP contribution in [-0.4, -0.2) is 22.0 Å². The van der Waals surface area contributed by atoms with E-state index in [1.165, 1.54) is 6.92 Å². The van der Waals surface area contributed by atoms with Crippen molar-refractivity contribution >= 4 is 35.1 Å². The second-order valence-corrected chi connectivity index (χ2v) is 5.95. The van der Waals surface area contributed by atoms with E-state index >= 15 is 0 Å². The van der Waals surface area contributed by atoms with Gasteiger partial charge in [0.1, 0.15) is 6.10 Å². The van der Waals surface area contributed by atoms with Crippen LogP contribution in [0.2, 0.25) is 10.0 Å². The van der Waals surface area contributed by atoms with Crippen molar-refractivity contribution in [2.75, 3.05) is 0 Å². The predicted octanol–water partition coefficient (Wildman–Crippen LogP) is 4.29. The third-order valence-corrected chi connectivity index (χ3v) is 4.55. The quantitative estimate of drug-likeness (QED) is 0.816. The Balaban J connectivity index is 2.48. The summed E-state index contributed by atoms with van der Waals surface area (Å²) >= 11 is 12.3. The van der Waals surface area contributed by atoms with Crippen molar-refractivity contribution in [3.05, 3.63) is 50.8 Å². The number of esters is 1. The minimum Gasteiger partial charge on any atom is -0.478 e. The molecular formula is C16H11Cl2NO4. The number of cyclic esters (lactones) is 1. The number of carbonyl (C=O) groups excluding carboxylic acids is 1. The van der Waals surface area contributed by atoms with E-state index in [-0.39, 0.29) is 22.0 Å². The minimum absolute atomic E-state index is 0.0157. The van der Waals surface area contributed by atoms with Gasteiger partial charge < -0.3 is 9.84 Å². The molecule has 0 saturated heterocycles. The van der Waals surface area contributed by atoms with E-state index in [9.17, 15) is 14.7 Å². The molecule has 23 heavy (non-hydrogen) atoms. The number of aromatic nitrogens is 1. The molecule has 2 aromatic rings. The Morgan fingerprint density at radius 2 is 2.04 bits per heavy atom. The normalized spacial score (nSPS) is 16.2. The Labute approximate surface area is 141 Å². The van der Waals surface area contributed by atoms with Gasteiger partial charge in [0.15, 0.2) is 5.69 Å². The van der Waals surface area contributed by atoms with Crippen molar-refractivity contribution in [2.24, 2.45) is 0 Å². The maximum absolute atomic E-state index is 12.0. The standard InChI is InChI=1S/C16H11Cl2NO4/c1-6-10(15(20)21)12(8-4-3-5-9(17)13(8)18)11-7(2)23-16(22)14(11)19-6/h3-5,7H,1-2H3,(H,20,21). The van der Waals surface area contributed by atoms with Gasteiger partial charge in [-0.15, -0.1) is 0 Å². The smallest absolute Gasteiger partial charge is 0.357 e. The van der Waals surface area contributed by atoms with E-state index in [2.05, 4.69) is 4.98 Å². The summed E-state index contributed by atoms with van der Waals surface area (Å²) in [5.74, 6) is -1.73. The van der Waals surface area contributed by atoms with Gasteiger partial charge in [0.25, 0.3) is 0 Å². The fraction of sp³-hybridized carbons (Fsp3) is 0.188. The number of carboxylic acids is 1. The number of hydrogen-bond acceptors (Lipinski definition) is 4. The van der Waals surface area contributed by atoms with Gasteiger partial charge in [0.2, 0.25) is 0 Å². The molecule has 0 spiro atoms. The Hall–Kier alpha value is -2.11. The number of hydrogen-bond donors (Lipinski definition) is 1. The van der Waals surface area contributed by atoms with Gasteiger partial charge in [-0.1, -0.05) is 35.3 Å². The van der Waals surface area contributed by atoms with Crippen molar-refractivity contribution < 1.29 is 19.4 Å². The lowest BCUT2D eigenvalue weighted by atomic mass is 9.91. The first kappa shape index (κ1) is 15.8. The van der Waals surface area contributed by atoms with Crippen molar-refractivity contribution in [1.29, 1.82) is 0 Å². The molecule has 1 unspecified atom stereocenters. The van der Waals surface area contributed by atoms with E-state index < -0.39 is 18.0 Å². The minimum atomic E-state index is -1.16. The Morgan fingerprint density at radius 1 is 1.35 bits per heavy atom. The highest BCUT2D eigenvalue weighted by molar-refractivity contribution is 6.43. The highest BCUT2D eigenvalue weighted by Gasteiger charge is 2.36. The summed E-state index contributed by atoms with van der Waals surface area (Å²) < 4.78 is 5.18. The molecule has 0 saturated carbocycles. The van der Waals surface area contributed by atoms with Crippen LogP contribution in [0.25, 0.3) is 11.1 Å². The molecule has 3 rings (SSSR count). The highest BCUT2D eigenvalue weighted by Crippen LogP contribution is 2.44. The number of carbonyl (C=O) groups is 2.